The second-order valence-corrected chi connectivity index (χ2v) is 3.77. The van der Waals surface area contributed by atoms with Gasteiger partial charge in [-0.15, -0.1) is 0 Å². The third-order valence-electron chi connectivity index (χ3n) is 2.03. The summed E-state index contributed by atoms with van der Waals surface area (Å²) in [6.07, 6.45) is -0.403. The molecule has 0 aliphatic heterocycles. The first-order valence-corrected chi connectivity index (χ1v) is 5.22. The van der Waals surface area contributed by atoms with Crippen molar-refractivity contribution in [2.24, 2.45) is 5.92 Å². The lowest BCUT2D eigenvalue weighted by atomic mass is 10.1. The van der Waals surface area contributed by atoms with E-state index in [1.807, 2.05) is 13.8 Å². The number of carbonyl (C=O) groups is 1. The molecule has 2 N–H and O–H groups in total. The van der Waals surface area contributed by atoms with E-state index in [0.29, 0.717) is 25.3 Å². The van der Waals surface area contributed by atoms with E-state index in [9.17, 15) is 9.90 Å². The van der Waals surface area contributed by atoms with Crippen LogP contribution in [-0.2, 0) is 9.53 Å². The van der Waals surface area contributed by atoms with Gasteiger partial charge in [-0.3, -0.25) is 0 Å². The molecule has 0 rings (SSSR count). The molecule has 4 nitrogen and oxygen atoms in total. The highest BCUT2D eigenvalue weighted by Crippen LogP contribution is 1.99. The minimum Gasteiger partial charge on any atom is -0.463 e. The highest BCUT2D eigenvalue weighted by atomic mass is 16.5. The van der Waals surface area contributed by atoms with E-state index in [1.54, 1.807) is 6.92 Å². The second kappa shape index (κ2) is 7.43. The summed E-state index contributed by atoms with van der Waals surface area (Å²) in [5, 5.41) is 12.4. The third-order valence-corrected chi connectivity index (χ3v) is 2.03. The van der Waals surface area contributed by atoms with E-state index < -0.39 is 6.10 Å². The van der Waals surface area contributed by atoms with Crippen LogP contribution in [0, 0.1) is 5.92 Å². The molecule has 0 saturated carbocycles. The van der Waals surface area contributed by atoms with Gasteiger partial charge < -0.3 is 15.2 Å². The Morgan fingerprint density at radius 1 is 1.53 bits per heavy atom. The maximum Gasteiger partial charge on any atom is 0.334 e. The van der Waals surface area contributed by atoms with E-state index in [4.69, 9.17) is 4.74 Å². The first-order valence-electron chi connectivity index (χ1n) is 5.22. The van der Waals surface area contributed by atoms with Gasteiger partial charge in [0, 0.05) is 18.7 Å². The smallest absolute Gasteiger partial charge is 0.334 e. The molecule has 0 fully saturated rings. The van der Waals surface area contributed by atoms with Gasteiger partial charge in [-0.05, 0) is 12.8 Å². The van der Waals surface area contributed by atoms with E-state index in [-0.39, 0.29) is 11.9 Å². The summed E-state index contributed by atoms with van der Waals surface area (Å²) in [6.45, 7) is 10.4. The molecule has 15 heavy (non-hydrogen) atoms. The molecule has 1 unspecified atom stereocenters. The van der Waals surface area contributed by atoms with E-state index in [1.165, 1.54) is 0 Å². The summed E-state index contributed by atoms with van der Waals surface area (Å²) in [5.41, 5.74) is 0.382. The van der Waals surface area contributed by atoms with Crippen LogP contribution in [0.4, 0.5) is 0 Å². The zero-order chi connectivity index (χ0) is 11.8. The lowest BCUT2D eigenvalue weighted by Gasteiger charge is -2.15. The molecular formula is C11H21NO3. The lowest BCUT2D eigenvalue weighted by Crippen LogP contribution is -2.32. The molecule has 88 valence electrons. The third kappa shape index (κ3) is 6.25. The van der Waals surface area contributed by atoms with Crippen LogP contribution >= 0.6 is 0 Å². The number of ether oxygens (including phenoxy) is 1. The summed E-state index contributed by atoms with van der Waals surface area (Å²) in [6, 6.07) is 0. The lowest BCUT2D eigenvalue weighted by molar-refractivity contribution is -0.138. The normalized spacial score (nSPS) is 12.6. The Morgan fingerprint density at radius 3 is 2.60 bits per heavy atom. The molecule has 0 saturated heterocycles. The minimum atomic E-state index is -0.403. The van der Waals surface area contributed by atoms with Crippen LogP contribution in [0.1, 0.15) is 20.8 Å². The molecule has 0 heterocycles. The number of nitrogens with one attached hydrogen (secondary N) is 1. The zero-order valence-corrected chi connectivity index (χ0v) is 9.75. The Bertz CT molecular complexity index is 214. The summed E-state index contributed by atoms with van der Waals surface area (Å²) >= 11 is 0. The molecule has 0 aromatic carbocycles. The Labute approximate surface area is 91.3 Å². The molecule has 0 spiro atoms. The number of rotatable bonds is 7. The van der Waals surface area contributed by atoms with Crippen LogP contribution in [0.25, 0.3) is 0 Å². The monoisotopic (exact) mass is 215 g/mol. The maximum absolute atomic E-state index is 11.1. The van der Waals surface area contributed by atoms with Crippen LogP contribution in [-0.4, -0.2) is 36.9 Å². The van der Waals surface area contributed by atoms with Crippen molar-refractivity contribution in [3.05, 3.63) is 12.2 Å². The average Bonchev–Trinajstić information content (AvgIpc) is 2.17. The van der Waals surface area contributed by atoms with Crippen molar-refractivity contribution < 1.29 is 14.6 Å². The summed E-state index contributed by atoms with van der Waals surface area (Å²) < 4.78 is 4.77. The van der Waals surface area contributed by atoms with Gasteiger partial charge in [-0.1, -0.05) is 20.4 Å². The van der Waals surface area contributed by atoms with Gasteiger partial charge in [-0.2, -0.15) is 0 Å². The number of aliphatic hydroxyl groups excluding tert-OH is 1. The van der Waals surface area contributed by atoms with Gasteiger partial charge in [0.25, 0.3) is 0 Å². The predicted octanol–water partition coefficient (Wildman–Crippen LogP) is 0.712. The minimum absolute atomic E-state index is 0.202. The van der Waals surface area contributed by atoms with Crippen molar-refractivity contribution in [2.45, 2.75) is 26.9 Å². The highest BCUT2D eigenvalue weighted by Gasteiger charge is 2.10. The predicted molar refractivity (Wildman–Crippen MR) is 59.5 cm³/mol. The first kappa shape index (κ1) is 14.1. The fourth-order valence-electron chi connectivity index (χ4n) is 0.912. The molecule has 0 bridgehead atoms. The second-order valence-electron chi connectivity index (χ2n) is 3.77. The van der Waals surface area contributed by atoms with E-state index in [2.05, 4.69) is 11.9 Å². The van der Waals surface area contributed by atoms with Crippen molar-refractivity contribution in [3.63, 3.8) is 0 Å². The van der Waals surface area contributed by atoms with Crippen LogP contribution in [0.2, 0.25) is 0 Å². The Morgan fingerprint density at radius 2 is 2.13 bits per heavy atom. The summed E-state index contributed by atoms with van der Waals surface area (Å²) in [7, 11) is 0. The SMILES string of the molecule is C=C(CNCC(O)C(C)C)C(=O)OCC. The van der Waals surface area contributed by atoms with Gasteiger partial charge in [0.15, 0.2) is 0 Å². The van der Waals surface area contributed by atoms with Crippen molar-refractivity contribution in [3.8, 4) is 0 Å². The molecule has 0 aromatic heterocycles. The largest absolute Gasteiger partial charge is 0.463 e. The van der Waals surface area contributed by atoms with Gasteiger partial charge in [0.1, 0.15) is 0 Å². The van der Waals surface area contributed by atoms with Crippen molar-refractivity contribution >= 4 is 5.97 Å². The fraction of sp³-hybridized carbons (Fsp3) is 0.727. The Hall–Kier alpha value is -0.870. The zero-order valence-electron chi connectivity index (χ0n) is 9.75. The molecule has 4 heteroatoms. The molecule has 0 aromatic rings. The standard InChI is InChI=1S/C11H21NO3/c1-5-15-11(14)9(4)6-12-7-10(13)8(2)3/h8,10,12-13H,4-7H2,1-3H3. The van der Waals surface area contributed by atoms with Gasteiger partial charge >= 0.3 is 5.97 Å². The Kier molecular flexibility index (Phi) is 6.99. The summed E-state index contributed by atoms with van der Waals surface area (Å²) in [4.78, 5) is 11.1. The molecule has 0 amide bonds. The van der Waals surface area contributed by atoms with E-state index in [0.717, 1.165) is 0 Å². The molecule has 0 aliphatic rings. The van der Waals surface area contributed by atoms with Crippen molar-refractivity contribution in [2.75, 3.05) is 19.7 Å². The number of hydrogen-bond acceptors (Lipinski definition) is 4. The Balaban J connectivity index is 3.68. The van der Waals surface area contributed by atoms with Gasteiger partial charge in [0.05, 0.1) is 12.7 Å². The van der Waals surface area contributed by atoms with Crippen molar-refractivity contribution in [1.29, 1.82) is 0 Å². The first-order chi connectivity index (χ1) is 6.99. The topological polar surface area (TPSA) is 58.6 Å². The molecule has 1 atom stereocenters. The van der Waals surface area contributed by atoms with Crippen LogP contribution in [0.3, 0.4) is 0 Å². The summed E-state index contributed by atoms with van der Waals surface area (Å²) in [5.74, 6) is -0.183. The van der Waals surface area contributed by atoms with E-state index >= 15 is 0 Å². The molecular weight excluding hydrogens is 194 g/mol. The quantitative estimate of drug-likeness (QED) is 0.485. The number of hydrogen-bond donors (Lipinski definition) is 2. The van der Waals surface area contributed by atoms with Crippen LogP contribution in [0.15, 0.2) is 12.2 Å². The maximum atomic E-state index is 11.1. The average molecular weight is 215 g/mol. The highest BCUT2D eigenvalue weighted by molar-refractivity contribution is 5.88. The van der Waals surface area contributed by atoms with Gasteiger partial charge in [0.2, 0.25) is 0 Å². The van der Waals surface area contributed by atoms with Crippen molar-refractivity contribution in [1.82, 2.24) is 5.32 Å². The molecule has 0 radical (unpaired) electrons. The van der Waals surface area contributed by atoms with Crippen LogP contribution in [0.5, 0.6) is 0 Å². The fourth-order valence-corrected chi connectivity index (χ4v) is 0.912. The number of aliphatic hydroxyl groups is 1. The molecule has 0 aliphatic carbocycles. The number of esters is 1. The number of carbonyl (C=O) groups excluding carboxylic acids is 1. The van der Waals surface area contributed by atoms with Crippen LogP contribution < -0.4 is 5.32 Å². The van der Waals surface area contributed by atoms with Gasteiger partial charge in [-0.25, -0.2) is 4.79 Å².